The fraction of sp³-hybridized carbons (Fsp3) is 0.571. The van der Waals surface area contributed by atoms with Crippen molar-refractivity contribution >= 4 is 23.2 Å². The van der Waals surface area contributed by atoms with E-state index < -0.39 is 11.4 Å². The summed E-state index contributed by atoms with van der Waals surface area (Å²) in [5.74, 6) is -0.805. The van der Waals surface area contributed by atoms with Crippen LogP contribution in [-0.4, -0.2) is 35.0 Å². The molecule has 1 N–H and O–H groups in total. The van der Waals surface area contributed by atoms with Crippen LogP contribution < -0.4 is 0 Å². The molecule has 2 heterocycles. The monoisotopic (exact) mass is 279 g/mol. The van der Waals surface area contributed by atoms with E-state index in [1.165, 1.54) is 16.9 Å². The Morgan fingerprint density at radius 2 is 2.21 bits per heavy atom. The molecule has 2 aliphatic rings. The van der Waals surface area contributed by atoms with E-state index in [-0.39, 0.29) is 5.91 Å². The molecule has 1 aliphatic carbocycles. The van der Waals surface area contributed by atoms with Gasteiger partial charge >= 0.3 is 5.97 Å². The van der Waals surface area contributed by atoms with Crippen molar-refractivity contribution < 1.29 is 14.7 Å². The Bertz CT molecular complexity index is 529. The Labute approximate surface area is 116 Å². The van der Waals surface area contributed by atoms with Crippen molar-refractivity contribution in [3.8, 4) is 0 Å². The molecule has 1 saturated heterocycles. The molecule has 0 saturated carbocycles. The third-order valence-corrected chi connectivity index (χ3v) is 5.46. The van der Waals surface area contributed by atoms with E-state index in [1.807, 2.05) is 6.07 Å². The molecule has 0 bridgehead atoms. The maximum atomic E-state index is 12.4. The van der Waals surface area contributed by atoms with Crippen molar-refractivity contribution in [3.63, 3.8) is 0 Å². The third kappa shape index (κ3) is 2.06. The molecule has 0 spiro atoms. The number of rotatable bonds is 2. The van der Waals surface area contributed by atoms with E-state index in [0.29, 0.717) is 19.5 Å². The van der Waals surface area contributed by atoms with Crippen molar-refractivity contribution in [2.75, 3.05) is 13.1 Å². The number of carbonyl (C=O) groups is 2. The first-order valence-electron chi connectivity index (χ1n) is 6.64. The van der Waals surface area contributed by atoms with Crippen LogP contribution in [0.2, 0.25) is 0 Å². The standard InChI is InChI=1S/C14H17NO3S/c1-14(13(17)18)5-6-15(8-14)12(16)11-7-9-3-2-4-10(9)19-11/h7H,2-6,8H2,1H3,(H,17,18)/t14-/m1/s1. The van der Waals surface area contributed by atoms with Gasteiger partial charge in [0, 0.05) is 18.0 Å². The molecule has 19 heavy (non-hydrogen) atoms. The van der Waals surface area contributed by atoms with Gasteiger partial charge in [-0.15, -0.1) is 11.3 Å². The highest BCUT2D eigenvalue weighted by Gasteiger charge is 2.42. The van der Waals surface area contributed by atoms with Gasteiger partial charge in [0.2, 0.25) is 0 Å². The number of aryl methyl sites for hydroxylation is 2. The molecule has 4 nitrogen and oxygen atoms in total. The van der Waals surface area contributed by atoms with E-state index in [0.717, 1.165) is 17.7 Å². The van der Waals surface area contributed by atoms with Crippen LogP contribution in [-0.2, 0) is 17.6 Å². The minimum atomic E-state index is -0.809. The molecule has 0 radical (unpaired) electrons. The minimum Gasteiger partial charge on any atom is -0.481 e. The summed E-state index contributed by atoms with van der Waals surface area (Å²) < 4.78 is 0. The van der Waals surface area contributed by atoms with Gasteiger partial charge in [-0.3, -0.25) is 9.59 Å². The predicted molar refractivity (Wildman–Crippen MR) is 72.6 cm³/mol. The highest BCUT2D eigenvalue weighted by atomic mass is 32.1. The Hall–Kier alpha value is -1.36. The third-order valence-electron chi connectivity index (χ3n) is 4.23. The summed E-state index contributed by atoms with van der Waals surface area (Å²) in [5.41, 5.74) is 0.531. The molecule has 1 aliphatic heterocycles. The zero-order valence-corrected chi connectivity index (χ0v) is 11.8. The quantitative estimate of drug-likeness (QED) is 0.902. The number of carbonyl (C=O) groups excluding carboxylic acids is 1. The molecule has 0 aromatic carbocycles. The van der Waals surface area contributed by atoms with Gasteiger partial charge in [0.15, 0.2) is 0 Å². The Morgan fingerprint density at radius 3 is 2.84 bits per heavy atom. The van der Waals surface area contributed by atoms with Crippen LogP contribution in [0, 0.1) is 5.41 Å². The first-order valence-corrected chi connectivity index (χ1v) is 7.45. The molecule has 0 unspecified atom stereocenters. The lowest BCUT2D eigenvalue weighted by molar-refractivity contribution is -0.147. The average Bonchev–Trinajstić information content (AvgIpc) is 3.01. The molecule has 102 valence electrons. The fourth-order valence-corrected chi connectivity index (χ4v) is 4.12. The number of hydrogen-bond donors (Lipinski definition) is 1. The van der Waals surface area contributed by atoms with E-state index >= 15 is 0 Å². The van der Waals surface area contributed by atoms with Crippen LogP contribution in [0.3, 0.4) is 0 Å². The zero-order valence-electron chi connectivity index (χ0n) is 10.9. The van der Waals surface area contributed by atoms with Crippen molar-refractivity contribution in [2.24, 2.45) is 5.41 Å². The molecule has 3 rings (SSSR count). The summed E-state index contributed by atoms with van der Waals surface area (Å²) in [7, 11) is 0. The fourth-order valence-electron chi connectivity index (χ4n) is 2.90. The van der Waals surface area contributed by atoms with Gasteiger partial charge in [-0.25, -0.2) is 0 Å². The Morgan fingerprint density at radius 1 is 1.42 bits per heavy atom. The summed E-state index contributed by atoms with van der Waals surface area (Å²) in [6.45, 7) is 2.59. The second kappa shape index (κ2) is 4.34. The second-order valence-electron chi connectivity index (χ2n) is 5.76. The number of likely N-dealkylation sites (tertiary alicyclic amines) is 1. The van der Waals surface area contributed by atoms with E-state index in [2.05, 4.69) is 0 Å². The highest BCUT2D eigenvalue weighted by molar-refractivity contribution is 7.14. The molecule has 1 atom stereocenters. The van der Waals surface area contributed by atoms with Crippen molar-refractivity contribution in [1.29, 1.82) is 0 Å². The summed E-state index contributed by atoms with van der Waals surface area (Å²) in [5, 5.41) is 9.20. The van der Waals surface area contributed by atoms with Crippen molar-refractivity contribution in [3.05, 3.63) is 21.4 Å². The number of aliphatic carboxylic acids is 1. The molecular formula is C14H17NO3S. The molecule has 1 aromatic rings. The number of hydrogen-bond acceptors (Lipinski definition) is 3. The summed E-state index contributed by atoms with van der Waals surface area (Å²) in [6, 6.07) is 2.01. The number of carboxylic acid groups (broad SMARTS) is 1. The lowest BCUT2D eigenvalue weighted by Gasteiger charge is -2.19. The van der Waals surface area contributed by atoms with Crippen LogP contribution in [0.1, 0.15) is 39.9 Å². The predicted octanol–water partition coefficient (Wildman–Crippen LogP) is 2.17. The van der Waals surface area contributed by atoms with Gasteiger partial charge < -0.3 is 10.0 Å². The van der Waals surface area contributed by atoms with Gasteiger partial charge in [-0.1, -0.05) is 0 Å². The van der Waals surface area contributed by atoms with Crippen LogP contribution in [0.5, 0.6) is 0 Å². The van der Waals surface area contributed by atoms with Gasteiger partial charge in [0.1, 0.15) is 0 Å². The molecule has 5 heteroatoms. The van der Waals surface area contributed by atoms with Gasteiger partial charge in [-0.2, -0.15) is 0 Å². The Kier molecular flexibility index (Phi) is 2.89. The molecule has 1 aromatic heterocycles. The maximum Gasteiger partial charge on any atom is 0.311 e. The smallest absolute Gasteiger partial charge is 0.311 e. The first kappa shape index (κ1) is 12.7. The topological polar surface area (TPSA) is 57.6 Å². The van der Waals surface area contributed by atoms with Crippen LogP contribution >= 0.6 is 11.3 Å². The van der Waals surface area contributed by atoms with Crippen LogP contribution in [0.15, 0.2) is 6.07 Å². The number of nitrogens with zero attached hydrogens (tertiary/aromatic N) is 1. The average molecular weight is 279 g/mol. The van der Waals surface area contributed by atoms with Crippen LogP contribution in [0.25, 0.3) is 0 Å². The zero-order chi connectivity index (χ0) is 13.6. The molecular weight excluding hydrogens is 262 g/mol. The summed E-state index contributed by atoms with van der Waals surface area (Å²) in [4.78, 5) is 27.4. The summed E-state index contributed by atoms with van der Waals surface area (Å²) >= 11 is 1.59. The SMILES string of the molecule is C[C@@]1(C(=O)O)CCN(C(=O)c2cc3c(s2)CCC3)C1. The lowest BCUT2D eigenvalue weighted by atomic mass is 9.90. The highest BCUT2D eigenvalue weighted by Crippen LogP contribution is 2.34. The van der Waals surface area contributed by atoms with Gasteiger partial charge in [0.25, 0.3) is 5.91 Å². The number of thiophene rings is 1. The number of carboxylic acids is 1. The lowest BCUT2D eigenvalue weighted by Crippen LogP contribution is -2.34. The minimum absolute atomic E-state index is 0.00405. The van der Waals surface area contributed by atoms with E-state index in [4.69, 9.17) is 0 Å². The number of amides is 1. The van der Waals surface area contributed by atoms with E-state index in [1.54, 1.807) is 23.2 Å². The van der Waals surface area contributed by atoms with Crippen molar-refractivity contribution in [2.45, 2.75) is 32.6 Å². The normalized spacial score (nSPS) is 25.6. The largest absolute Gasteiger partial charge is 0.481 e. The number of fused-ring (bicyclic) bond motifs is 1. The second-order valence-corrected chi connectivity index (χ2v) is 6.89. The Balaban J connectivity index is 1.76. The first-order chi connectivity index (χ1) is 8.99. The van der Waals surface area contributed by atoms with E-state index in [9.17, 15) is 14.7 Å². The van der Waals surface area contributed by atoms with Crippen LogP contribution in [0.4, 0.5) is 0 Å². The molecule has 1 amide bonds. The maximum absolute atomic E-state index is 12.4. The van der Waals surface area contributed by atoms with Gasteiger partial charge in [0.05, 0.1) is 10.3 Å². The molecule has 1 fully saturated rings. The summed E-state index contributed by atoms with van der Waals surface area (Å²) in [6.07, 6.45) is 3.89. The van der Waals surface area contributed by atoms with Crippen molar-refractivity contribution in [1.82, 2.24) is 4.90 Å². The van der Waals surface area contributed by atoms with Gasteiger partial charge in [-0.05, 0) is 44.2 Å².